The highest BCUT2D eigenvalue weighted by Crippen LogP contribution is 2.41. The summed E-state index contributed by atoms with van der Waals surface area (Å²) in [6.07, 6.45) is 0. The summed E-state index contributed by atoms with van der Waals surface area (Å²) in [4.78, 5) is 4.70. The van der Waals surface area contributed by atoms with Crippen LogP contribution in [0.25, 0.3) is 0 Å². The van der Waals surface area contributed by atoms with Gasteiger partial charge < -0.3 is 20.3 Å². The summed E-state index contributed by atoms with van der Waals surface area (Å²) in [5, 5.41) is 0. The van der Waals surface area contributed by atoms with Crippen LogP contribution in [-0.2, 0) is 10.3 Å². The molecular formula is C28H37N3O. The molecule has 3 rings (SSSR count). The molecule has 0 spiro atoms. The van der Waals surface area contributed by atoms with Crippen LogP contribution in [0.2, 0.25) is 0 Å². The molecule has 3 aromatic rings. The van der Waals surface area contributed by atoms with Crippen molar-refractivity contribution < 1.29 is 4.74 Å². The third kappa shape index (κ3) is 4.46. The van der Waals surface area contributed by atoms with E-state index in [9.17, 15) is 0 Å². The second kappa shape index (κ2) is 10.6. The van der Waals surface area contributed by atoms with E-state index in [2.05, 4.69) is 98.2 Å². The highest BCUT2D eigenvalue weighted by atomic mass is 16.5. The molecule has 32 heavy (non-hydrogen) atoms. The lowest BCUT2D eigenvalue weighted by atomic mass is 9.80. The van der Waals surface area contributed by atoms with Gasteiger partial charge in [0.25, 0.3) is 0 Å². The Balaban J connectivity index is 2.15. The summed E-state index contributed by atoms with van der Waals surface area (Å²) >= 11 is 0. The van der Waals surface area contributed by atoms with Crippen molar-refractivity contribution in [1.82, 2.24) is 0 Å². The van der Waals surface area contributed by atoms with E-state index in [1.165, 1.54) is 11.4 Å². The van der Waals surface area contributed by atoms with E-state index in [1.54, 1.807) is 7.11 Å². The predicted octanol–water partition coefficient (Wildman–Crippen LogP) is 5.90. The van der Waals surface area contributed by atoms with Crippen LogP contribution in [0, 0.1) is 0 Å². The smallest absolute Gasteiger partial charge is 0.143 e. The largest absolute Gasteiger partial charge is 0.399 e. The Labute approximate surface area is 193 Å². The standard InChI is InChI=1S/C28H37N3O/c1-6-30(7-2)26-18-12-23(13-19-26)28(32-5,22-10-16-25(29)17-11-22)24-14-20-27(21-15-24)31(8-3)9-4/h10-21H,6-9,29H2,1-5H3. The van der Waals surface area contributed by atoms with E-state index < -0.39 is 5.60 Å². The molecule has 4 heteroatoms. The highest BCUT2D eigenvalue weighted by Gasteiger charge is 2.36. The van der Waals surface area contributed by atoms with Crippen LogP contribution >= 0.6 is 0 Å². The average molecular weight is 432 g/mol. The molecule has 0 atom stereocenters. The average Bonchev–Trinajstić information content (AvgIpc) is 2.84. The van der Waals surface area contributed by atoms with Crippen molar-refractivity contribution in [2.24, 2.45) is 0 Å². The monoisotopic (exact) mass is 431 g/mol. The van der Waals surface area contributed by atoms with Crippen molar-refractivity contribution in [2.75, 3.05) is 48.8 Å². The molecule has 0 bridgehead atoms. The molecule has 0 fully saturated rings. The van der Waals surface area contributed by atoms with Crippen molar-refractivity contribution in [3.8, 4) is 0 Å². The molecule has 0 amide bonds. The van der Waals surface area contributed by atoms with Crippen molar-refractivity contribution in [3.05, 3.63) is 89.5 Å². The molecule has 0 saturated heterocycles. The summed E-state index contributed by atoms with van der Waals surface area (Å²) in [6.45, 7) is 12.7. The minimum Gasteiger partial charge on any atom is -0.399 e. The van der Waals surface area contributed by atoms with E-state index >= 15 is 0 Å². The molecule has 0 aliphatic carbocycles. The molecule has 0 aliphatic rings. The summed E-state index contributed by atoms with van der Waals surface area (Å²) in [7, 11) is 1.78. The van der Waals surface area contributed by atoms with Crippen LogP contribution in [0.5, 0.6) is 0 Å². The fraction of sp³-hybridized carbons (Fsp3) is 0.357. The van der Waals surface area contributed by atoms with Gasteiger partial charge >= 0.3 is 0 Å². The Morgan fingerprint density at radius 1 is 0.594 bits per heavy atom. The minimum absolute atomic E-state index is 0.725. The number of anilines is 3. The Morgan fingerprint density at radius 3 is 1.19 bits per heavy atom. The molecule has 0 aromatic heterocycles. The summed E-state index contributed by atoms with van der Waals surface area (Å²) in [5.74, 6) is 0. The maximum atomic E-state index is 6.37. The van der Waals surface area contributed by atoms with Gasteiger partial charge in [0.15, 0.2) is 0 Å². The summed E-state index contributed by atoms with van der Waals surface area (Å²) < 4.78 is 6.37. The Hall–Kier alpha value is -2.98. The maximum Gasteiger partial charge on any atom is 0.143 e. The lowest BCUT2D eigenvalue weighted by Gasteiger charge is -2.35. The van der Waals surface area contributed by atoms with Crippen LogP contribution in [0.15, 0.2) is 72.8 Å². The second-order valence-corrected chi connectivity index (χ2v) is 7.95. The van der Waals surface area contributed by atoms with Gasteiger partial charge in [0.05, 0.1) is 0 Å². The molecule has 0 radical (unpaired) electrons. The first-order chi connectivity index (χ1) is 15.5. The molecule has 0 unspecified atom stereocenters. The molecule has 4 nitrogen and oxygen atoms in total. The summed E-state index contributed by atoms with van der Waals surface area (Å²) in [5.41, 5.74) is 11.7. The van der Waals surface area contributed by atoms with Crippen molar-refractivity contribution in [1.29, 1.82) is 0 Å². The molecule has 3 aromatic carbocycles. The van der Waals surface area contributed by atoms with Crippen LogP contribution in [0.4, 0.5) is 17.1 Å². The number of hydrogen-bond acceptors (Lipinski definition) is 4. The zero-order valence-corrected chi connectivity index (χ0v) is 20.1. The van der Waals surface area contributed by atoms with Gasteiger partial charge in [-0.05, 0) is 80.8 Å². The minimum atomic E-state index is -0.725. The number of rotatable bonds is 10. The number of ether oxygens (including phenoxy) is 1. The third-order valence-corrected chi connectivity index (χ3v) is 6.43. The molecular weight excluding hydrogens is 394 g/mol. The van der Waals surface area contributed by atoms with Gasteiger partial charge in [0, 0.05) is 50.4 Å². The van der Waals surface area contributed by atoms with Gasteiger partial charge in [-0.1, -0.05) is 36.4 Å². The van der Waals surface area contributed by atoms with Crippen LogP contribution in [-0.4, -0.2) is 33.3 Å². The lowest BCUT2D eigenvalue weighted by molar-refractivity contribution is 0.0585. The van der Waals surface area contributed by atoms with Crippen molar-refractivity contribution in [2.45, 2.75) is 33.3 Å². The Bertz CT molecular complexity index is 902. The fourth-order valence-corrected chi connectivity index (χ4v) is 4.56. The van der Waals surface area contributed by atoms with Gasteiger partial charge in [-0.25, -0.2) is 0 Å². The Morgan fingerprint density at radius 2 is 0.906 bits per heavy atom. The van der Waals surface area contributed by atoms with Crippen molar-refractivity contribution >= 4 is 17.1 Å². The van der Waals surface area contributed by atoms with E-state index in [1.807, 2.05) is 12.1 Å². The van der Waals surface area contributed by atoms with Crippen LogP contribution < -0.4 is 15.5 Å². The quantitative estimate of drug-likeness (QED) is 0.321. The first-order valence-corrected chi connectivity index (χ1v) is 11.7. The first kappa shape index (κ1) is 23.7. The predicted molar refractivity (Wildman–Crippen MR) is 138 cm³/mol. The normalized spacial score (nSPS) is 11.4. The van der Waals surface area contributed by atoms with Crippen LogP contribution in [0.3, 0.4) is 0 Å². The number of nitrogens with two attached hydrogens (primary N) is 1. The van der Waals surface area contributed by atoms with Gasteiger partial charge in [-0.15, -0.1) is 0 Å². The fourth-order valence-electron chi connectivity index (χ4n) is 4.56. The van der Waals surface area contributed by atoms with Gasteiger partial charge in [0.1, 0.15) is 5.60 Å². The Kier molecular flexibility index (Phi) is 7.81. The van der Waals surface area contributed by atoms with Gasteiger partial charge in [-0.3, -0.25) is 0 Å². The molecule has 0 aliphatic heterocycles. The first-order valence-electron chi connectivity index (χ1n) is 11.7. The zero-order chi connectivity index (χ0) is 23.1. The molecule has 2 N–H and O–H groups in total. The zero-order valence-electron chi connectivity index (χ0n) is 20.1. The van der Waals surface area contributed by atoms with E-state index in [-0.39, 0.29) is 0 Å². The SMILES string of the molecule is CCN(CC)c1ccc(C(OC)(c2ccc(N)cc2)c2ccc(N(CC)CC)cc2)cc1. The molecule has 0 saturated carbocycles. The number of nitrogens with zero attached hydrogens (tertiary/aromatic N) is 2. The molecule has 0 heterocycles. The van der Waals surface area contributed by atoms with E-state index in [0.717, 1.165) is 48.6 Å². The highest BCUT2D eigenvalue weighted by molar-refractivity contribution is 5.57. The lowest BCUT2D eigenvalue weighted by Crippen LogP contribution is -2.32. The van der Waals surface area contributed by atoms with Crippen LogP contribution in [0.1, 0.15) is 44.4 Å². The van der Waals surface area contributed by atoms with Gasteiger partial charge in [-0.2, -0.15) is 0 Å². The second-order valence-electron chi connectivity index (χ2n) is 7.95. The third-order valence-electron chi connectivity index (χ3n) is 6.43. The van der Waals surface area contributed by atoms with Crippen molar-refractivity contribution in [3.63, 3.8) is 0 Å². The number of hydrogen-bond donors (Lipinski definition) is 1. The number of methoxy groups -OCH3 is 1. The van der Waals surface area contributed by atoms with Gasteiger partial charge in [0.2, 0.25) is 0 Å². The molecule has 170 valence electrons. The number of nitrogen functional groups attached to an aromatic ring is 1. The van der Waals surface area contributed by atoms with E-state index in [4.69, 9.17) is 10.5 Å². The maximum absolute atomic E-state index is 6.37. The number of benzene rings is 3. The van der Waals surface area contributed by atoms with E-state index in [0.29, 0.717) is 0 Å². The summed E-state index contributed by atoms with van der Waals surface area (Å²) in [6, 6.07) is 25.5. The topological polar surface area (TPSA) is 41.7 Å².